The first-order valence-corrected chi connectivity index (χ1v) is 6.08. The number of rotatable bonds is 4. The number of ketones is 1. The summed E-state index contributed by atoms with van der Waals surface area (Å²) >= 11 is 0. The number of carbonyl (C=O) groups excluding carboxylic acids is 1. The molecule has 0 heterocycles. The second kappa shape index (κ2) is 6.48. The van der Waals surface area contributed by atoms with Crippen LogP contribution >= 0.6 is 0 Å². The molecule has 1 N–H and O–H groups in total. The van der Waals surface area contributed by atoms with Crippen molar-refractivity contribution in [3.8, 4) is 5.75 Å². The van der Waals surface area contributed by atoms with Gasteiger partial charge in [0.15, 0.2) is 5.78 Å². The fourth-order valence-electron chi connectivity index (χ4n) is 1.65. The Labute approximate surface area is 116 Å². The predicted octanol–water partition coefficient (Wildman–Crippen LogP) is 3.83. The number of allylic oxidation sites excluding steroid dienone is 2. The van der Waals surface area contributed by atoms with Crippen LogP contribution in [0, 0.1) is 5.82 Å². The third-order valence-corrected chi connectivity index (χ3v) is 2.60. The summed E-state index contributed by atoms with van der Waals surface area (Å²) in [5.74, 6) is -0.401. The van der Waals surface area contributed by atoms with Crippen molar-refractivity contribution in [2.75, 3.05) is 0 Å². The molecule has 0 atom stereocenters. The molecule has 2 aromatic rings. The van der Waals surface area contributed by atoms with Gasteiger partial charge in [0.05, 0.1) is 0 Å². The second-order valence-corrected chi connectivity index (χ2v) is 4.22. The van der Waals surface area contributed by atoms with E-state index in [0.29, 0.717) is 5.56 Å². The molecule has 0 aliphatic heterocycles. The van der Waals surface area contributed by atoms with Crippen LogP contribution in [0.25, 0.3) is 12.2 Å². The molecule has 0 aliphatic rings. The number of halogens is 1. The van der Waals surface area contributed by atoms with Crippen LogP contribution in [0.2, 0.25) is 0 Å². The van der Waals surface area contributed by atoms with Gasteiger partial charge in [0.1, 0.15) is 11.6 Å². The number of aromatic hydroxyl groups is 1. The van der Waals surface area contributed by atoms with E-state index in [2.05, 4.69) is 0 Å². The highest BCUT2D eigenvalue weighted by Gasteiger charge is 1.94. The second-order valence-electron chi connectivity index (χ2n) is 4.22. The fraction of sp³-hybridized carbons (Fsp3) is 0. The van der Waals surface area contributed by atoms with Crippen molar-refractivity contribution in [2.45, 2.75) is 0 Å². The van der Waals surface area contributed by atoms with Crippen molar-refractivity contribution in [3.63, 3.8) is 0 Å². The average Bonchev–Trinajstić information content (AvgIpc) is 2.43. The van der Waals surface area contributed by atoms with Gasteiger partial charge >= 0.3 is 0 Å². The number of benzene rings is 2. The topological polar surface area (TPSA) is 37.3 Å². The summed E-state index contributed by atoms with van der Waals surface area (Å²) < 4.78 is 12.9. The van der Waals surface area contributed by atoms with Gasteiger partial charge in [-0.3, -0.25) is 4.79 Å². The minimum Gasteiger partial charge on any atom is -0.508 e. The smallest absolute Gasteiger partial charge is 0.178 e. The molecular weight excluding hydrogens is 255 g/mol. The van der Waals surface area contributed by atoms with E-state index in [4.69, 9.17) is 0 Å². The van der Waals surface area contributed by atoms with Crippen LogP contribution in [0.1, 0.15) is 11.1 Å². The number of phenols is 1. The van der Waals surface area contributed by atoms with Crippen LogP contribution in [0.4, 0.5) is 4.39 Å². The molecule has 0 saturated heterocycles. The average molecular weight is 268 g/mol. The molecular formula is C17H13FO2. The number of phenolic OH excluding ortho intramolecular Hbond substituents is 1. The molecule has 0 radical (unpaired) electrons. The Morgan fingerprint density at radius 2 is 1.55 bits per heavy atom. The van der Waals surface area contributed by atoms with E-state index in [-0.39, 0.29) is 17.3 Å². The van der Waals surface area contributed by atoms with E-state index in [1.165, 1.54) is 24.3 Å². The SMILES string of the molecule is O=C(C=Cc1cccc(O)c1)C=Cc1cccc(F)c1. The first-order chi connectivity index (χ1) is 9.63. The van der Waals surface area contributed by atoms with Crippen molar-refractivity contribution in [2.24, 2.45) is 0 Å². The summed E-state index contributed by atoms with van der Waals surface area (Å²) in [6, 6.07) is 12.6. The zero-order chi connectivity index (χ0) is 14.4. The van der Waals surface area contributed by atoms with Gasteiger partial charge in [-0.05, 0) is 47.5 Å². The van der Waals surface area contributed by atoms with Gasteiger partial charge in [0, 0.05) is 0 Å². The lowest BCUT2D eigenvalue weighted by atomic mass is 10.1. The largest absolute Gasteiger partial charge is 0.508 e. The summed E-state index contributed by atoms with van der Waals surface area (Å²) in [5, 5.41) is 9.29. The van der Waals surface area contributed by atoms with Gasteiger partial charge < -0.3 is 5.11 Å². The van der Waals surface area contributed by atoms with Gasteiger partial charge in [0.25, 0.3) is 0 Å². The van der Waals surface area contributed by atoms with Crippen molar-refractivity contribution >= 4 is 17.9 Å². The van der Waals surface area contributed by atoms with Gasteiger partial charge in [-0.1, -0.05) is 36.4 Å². The van der Waals surface area contributed by atoms with Crippen molar-refractivity contribution in [1.82, 2.24) is 0 Å². The van der Waals surface area contributed by atoms with Crippen LogP contribution in [0.5, 0.6) is 5.75 Å². The molecule has 0 spiro atoms. The minimum absolute atomic E-state index is 0.148. The first-order valence-electron chi connectivity index (χ1n) is 6.08. The highest BCUT2D eigenvalue weighted by molar-refractivity contribution is 6.04. The Morgan fingerprint density at radius 1 is 0.950 bits per heavy atom. The first kappa shape index (κ1) is 13.7. The molecule has 0 unspecified atom stereocenters. The minimum atomic E-state index is -0.338. The maximum absolute atomic E-state index is 12.9. The zero-order valence-electron chi connectivity index (χ0n) is 10.7. The molecule has 20 heavy (non-hydrogen) atoms. The van der Waals surface area contributed by atoms with Crippen LogP contribution in [-0.4, -0.2) is 10.9 Å². The van der Waals surface area contributed by atoms with Crippen molar-refractivity contribution in [3.05, 3.63) is 77.6 Å². The Kier molecular flexibility index (Phi) is 4.45. The molecule has 0 aromatic heterocycles. The number of hydrogen-bond acceptors (Lipinski definition) is 2. The van der Waals surface area contributed by atoms with Crippen LogP contribution < -0.4 is 0 Å². The summed E-state index contributed by atoms with van der Waals surface area (Å²) in [6.07, 6.45) is 5.93. The highest BCUT2D eigenvalue weighted by atomic mass is 19.1. The Morgan fingerprint density at radius 3 is 2.15 bits per heavy atom. The molecule has 0 saturated carbocycles. The summed E-state index contributed by atoms with van der Waals surface area (Å²) in [5.41, 5.74) is 1.36. The molecule has 2 aromatic carbocycles. The maximum atomic E-state index is 12.9. The highest BCUT2D eigenvalue weighted by Crippen LogP contribution is 2.12. The fourth-order valence-corrected chi connectivity index (χ4v) is 1.65. The van der Waals surface area contributed by atoms with Gasteiger partial charge in [-0.15, -0.1) is 0 Å². The Balaban J connectivity index is 2.02. The van der Waals surface area contributed by atoms with Gasteiger partial charge in [-0.2, -0.15) is 0 Å². The number of hydrogen-bond donors (Lipinski definition) is 1. The standard InChI is InChI=1S/C17H13FO2/c18-15-5-1-3-13(11-15)7-9-16(19)10-8-14-4-2-6-17(20)12-14/h1-12,20H. The van der Waals surface area contributed by atoms with Gasteiger partial charge in [-0.25, -0.2) is 4.39 Å². The third kappa shape index (κ3) is 4.21. The Bertz CT molecular complexity index is 615. The maximum Gasteiger partial charge on any atom is 0.178 e. The van der Waals surface area contributed by atoms with E-state index < -0.39 is 0 Å². The molecule has 2 nitrogen and oxygen atoms in total. The Hall–Kier alpha value is -2.68. The van der Waals surface area contributed by atoms with E-state index in [9.17, 15) is 14.3 Å². The summed E-state index contributed by atoms with van der Waals surface area (Å²) in [6.45, 7) is 0. The lowest BCUT2D eigenvalue weighted by Gasteiger charge is -1.94. The van der Waals surface area contributed by atoms with E-state index in [0.717, 1.165) is 5.56 Å². The molecule has 0 amide bonds. The molecule has 0 aliphatic carbocycles. The lowest BCUT2D eigenvalue weighted by Crippen LogP contribution is -1.85. The van der Waals surface area contributed by atoms with Gasteiger partial charge in [0.2, 0.25) is 0 Å². The van der Waals surface area contributed by atoms with Crippen LogP contribution in [0.15, 0.2) is 60.7 Å². The van der Waals surface area contributed by atoms with E-state index in [1.54, 1.807) is 48.6 Å². The molecule has 3 heteroatoms. The third-order valence-electron chi connectivity index (χ3n) is 2.60. The van der Waals surface area contributed by atoms with Crippen molar-refractivity contribution in [1.29, 1.82) is 0 Å². The molecule has 2 rings (SSSR count). The summed E-state index contributed by atoms with van der Waals surface area (Å²) in [4.78, 5) is 11.6. The summed E-state index contributed by atoms with van der Waals surface area (Å²) in [7, 11) is 0. The van der Waals surface area contributed by atoms with E-state index >= 15 is 0 Å². The number of carbonyl (C=O) groups is 1. The molecule has 100 valence electrons. The van der Waals surface area contributed by atoms with Crippen LogP contribution in [-0.2, 0) is 4.79 Å². The normalized spacial score (nSPS) is 11.2. The van der Waals surface area contributed by atoms with Crippen LogP contribution in [0.3, 0.4) is 0 Å². The molecule has 0 bridgehead atoms. The zero-order valence-corrected chi connectivity index (χ0v) is 10.7. The quantitative estimate of drug-likeness (QED) is 0.856. The predicted molar refractivity (Wildman–Crippen MR) is 77.6 cm³/mol. The lowest BCUT2D eigenvalue weighted by molar-refractivity contribution is -0.110. The molecule has 0 fully saturated rings. The van der Waals surface area contributed by atoms with Crippen molar-refractivity contribution < 1.29 is 14.3 Å². The monoisotopic (exact) mass is 268 g/mol. The van der Waals surface area contributed by atoms with E-state index in [1.807, 2.05) is 0 Å².